The van der Waals surface area contributed by atoms with Crippen molar-refractivity contribution in [2.75, 3.05) is 10.7 Å². The Hall–Kier alpha value is -2.93. The molecule has 154 valence electrons. The van der Waals surface area contributed by atoms with E-state index in [0.29, 0.717) is 16.7 Å². The molecule has 0 fully saturated rings. The number of carbonyl (C=O) groups excluding carboxylic acids is 1. The molecular formula is C23H24N4O2S. The summed E-state index contributed by atoms with van der Waals surface area (Å²) in [6.45, 7) is 7.71. The molecule has 6 nitrogen and oxygen atoms in total. The van der Waals surface area contributed by atoms with Crippen LogP contribution in [-0.2, 0) is 4.79 Å². The zero-order chi connectivity index (χ0) is 21.3. The molecule has 2 aromatic carbocycles. The molecule has 1 unspecified atom stereocenters. The summed E-state index contributed by atoms with van der Waals surface area (Å²) in [6.07, 6.45) is 0.364. The SMILES string of the molecule is CCCSc1nnc2c(n1)OC(c1cc(C)ccc1C)N(C(C)=O)c1ccccc1-2. The van der Waals surface area contributed by atoms with Crippen molar-refractivity contribution in [2.24, 2.45) is 0 Å². The smallest absolute Gasteiger partial charge is 0.247 e. The van der Waals surface area contributed by atoms with Crippen LogP contribution in [0.3, 0.4) is 0 Å². The summed E-state index contributed by atoms with van der Waals surface area (Å²) < 4.78 is 6.43. The Morgan fingerprint density at radius 1 is 1.17 bits per heavy atom. The second-order valence-corrected chi connectivity index (χ2v) is 8.40. The van der Waals surface area contributed by atoms with Crippen molar-refractivity contribution >= 4 is 23.4 Å². The van der Waals surface area contributed by atoms with E-state index in [2.05, 4.69) is 34.2 Å². The minimum atomic E-state index is -0.648. The van der Waals surface area contributed by atoms with Crippen molar-refractivity contribution in [3.8, 4) is 17.1 Å². The van der Waals surface area contributed by atoms with E-state index in [0.717, 1.165) is 40.1 Å². The number of nitrogens with zero attached hydrogens (tertiary/aromatic N) is 4. The molecule has 7 heteroatoms. The molecule has 4 rings (SSSR count). The quantitative estimate of drug-likeness (QED) is 0.547. The van der Waals surface area contributed by atoms with Crippen molar-refractivity contribution < 1.29 is 9.53 Å². The van der Waals surface area contributed by atoms with Crippen LogP contribution in [-0.4, -0.2) is 26.8 Å². The summed E-state index contributed by atoms with van der Waals surface area (Å²) in [5, 5.41) is 9.30. The molecule has 1 atom stereocenters. The lowest BCUT2D eigenvalue weighted by Gasteiger charge is -2.31. The minimum absolute atomic E-state index is 0.116. The van der Waals surface area contributed by atoms with Gasteiger partial charge in [0.15, 0.2) is 5.69 Å². The second-order valence-electron chi connectivity index (χ2n) is 7.33. The van der Waals surface area contributed by atoms with E-state index in [1.165, 1.54) is 0 Å². The van der Waals surface area contributed by atoms with Gasteiger partial charge in [-0.15, -0.1) is 10.2 Å². The Kier molecular flexibility index (Phi) is 5.72. The molecule has 2 heterocycles. The number of benzene rings is 2. The number of aryl methyl sites for hydroxylation is 2. The van der Waals surface area contributed by atoms with Crippen LogP contribution in [0, 0.1) is 13.8 Å². The molecule has 0 N–H and O–H groups in total. The fourth-order valence-electron chi connectivity index (χ4n) is 3.54. The molecule has 1 amide bonds. The van der Waals surface area contributed by atoms with Crippen LogP contribution in [0.1, 0.15) is 43.2 Å². The third-order valence-corrected chi connectivity index (χ3v) is 6.03. The van der Waals surface area contributed by atoms with Gasteiger partial charge < -0.3 is 4.74 Å². The van der Waals surface area contributed by atoms with E-state index >= 15 is 0 Å². The zero-order valence-electron chi connectivity index (χ0n) is 17.5. The summed E-state index contributed by atoms with van der Waals surface area (Å²) in [6, 6.07) is 13.8. The molecule has 0 radical (unpaired) electrons. The number of aromatic nitrogens is 3. The molecule has 0 spiro atoms. The number of hydrogen-bond acceptors (Lipinski definition) is 6. The van der Waals surface area contributed by atoms with Crippen LogP contribution in [0.5, 0.6) is 5.88 Å². The molecule has 3 aromatic rings. The Morgan fingerprint density at radius 2 is 1.97 bits per heavy atom. The van der Waals surface area contributed by atoms with Gasteiger partial charge in [0, 0.05) is 23.8 Å². The highest BCUT2D eigenvalue weighted by atomic mass is 32.2. The monoisotopic (exact) mass is 420 g/mol. The maximum atomic E-state index is 12.8. The Morgan fingerprint density at radius 3 is 2.73 bits per heavy atom. The maximum absolute atomic E-state index is 12.8. The lowest BCUT2D eigenvalue weighted by atomic mass is 10.0. The second kappa shape index (κ2) is 8.44. The van der Waals surface area contributed by atoms with Crippen molar-refractivity contribution in [1.29, 1.82) is 0 Å². The molecule has 0 aliphatic carbocycles. The topological polar surface area (TPSA) is 68.2 Å². The van der Waals surface area contributed by atoms with Crippen molar-refractivity contribution in [3.05, 3.63) is 59.2 Å². The average Bonchev–Trinajstić information content (AvgIpc) is 2.88. The first-order valence-corrected chi connectivity index (χ1v) is 11.0. The van der Waals surface area contributed by atoms with Crippen LogP contribution >= 0.6 is 11.8 Å². The van der Waals surface area contributed by atoms with Gasteiger partial charge in [-0.25, -0.2) is 0 Å². The van der Waals surface area contributed by atoms with E-state index in [-0.39, 0.29) is 5.91 Å². The highest BCUT2D eigenvalue weighted by Gasteiger charge is 2.35. The molecule has 0 saturated heterocycles. The summed E-state index contributed by atoms with van der Waals surface area (Å²) in [7, 11) is 0. The number of thioether (sulfide) groups is 1. The van der Waals surface area contributed by atoms with Gasteiger partial charge in [0.05, 0.1) is 5.69 Å². The lowest BCUT2D eigenvalue weighted by molar-refractivity contribution is -0.118. The molecular weight excluding hydrogens is 396 g/mol. The molecule has 0 saturated carbocycles. The van der Waals surface area contributed by atoms with Gasteiger partial charge in [0.1, 0.15) is 0 Å². The molecule has 1 aliphatic heterocycles. The van der Waals surface area contributed by atoms with E-state index in [4.69, 9.17) is 4.74 Å². The largest absolute Gasteiger partial charge is 0.447 e. The minimum Gasteiger partial charge on any atom is -0.447 e. The number of amides is 1. The van der Waals surface area contributed by atoms with E-state index in [9.17, 15) is 4.79 Å². The van der Waals surface area contributed by atoms with Gasteiger partial charge in [-0.1, -0.05) is 60.6 Å². The molecule has 0 bridgehead atoms. The normalized spacial score (nSPS) is 15.1. The van der Waals surface area contributed by atoms with E-state index in [1.54, 1.807) is 23.6 Å². The van der Waals surface area contributed by atoms with Crippen LogP contribution in [0.4, 0.5) is 5.69 Å². The number of carbonyl (C=O) groups is 1. The van der Waals surface area contributed by atoms with Gasteiger partial charge in [0.25, 0.3) is 0 Å². The predicted molar refractivity (Wildman–Crippen MR) is 119 cm³/mol. The van der Waals surface area contributed by atoms with Gasteiger partial charge in [-0.2, -0.15) is 4.98 Å². The average molecular weight is 421 g/mol. The Labute approximate surface area is 180 Å². The Bertz CT molecular complexity index is 1100. The summed E-state index contributed by atoms with van der Waals surface area (Å²) >= 11 is 1.55. The molecule has 1 aliphatic rings. The number of anilines is 1. The third kappa shape index (κ3) is 3.77. The number of rotatable bonds is 4. The first kappa shape index (κ1) is 20.3. The summed E-state index contributed by atoms with van der Waals surface area (Å²) in [4.78, 5) is 19.2. The number of hydrogen-bond donors (Lipinski definition) is 0. The summed E-state index contributed by atoms with van der Waals surface area (Å²) in [5.41, 5.74) is 5.13. The lowest BCUT2D eigenvalue weighted by Crippen LogP contribution is -2.36. The van der Waals surface area contributed by atoms with Crippen LogP contribution in [0.15, 0.2) is 47.6 Å². The van der Waals surface area contributed by atoms with Crippen molar-refractivity contribution in [2.45, 2.75) is 45.5 Å². The molecule has 1 aromatic heterocycles. The fraction of sp³-hybridized carbons (Fsp3) is 0.304. The van der Waals surface area contributed by atoms with Crippen LogP contribution in [0.2, 0.25) is 0 Å². The standard InChI is InChI=1S/C23H24N4O2S/c1-5-12-30-23-24-21-20(25-26-23)17-8-6-7-9-19(17)27(16(4)28)22(29-21)18-13-14(2)10-11-15(18)3/h6-11,13,22H,5,12H2,1-4H3. The number of para-hydroxylation sites is 1. The van der Waals surface area contributed by atoms with Gasteiger partial charge in [-0.05, 0) is 31.9 Å². The fourth-order valence-corrected chi connectivity index (χ4v) is 4.17. The van der Waals surface area contributed by atoms with Gasteiger partial charge in [0.2, 0.25) is 23.2 Å². The molecule has 30 heavy (non-hydrogen) atoms. The first-order chi connectivity index (χ1) is 14.5. The van der Waals surface area contributed by atoms with Crippen molar-refractivity contribution in [3.63, 3.8) is 0 Å². The van der Waals surface area contributed by atoms with Gasteiger partial charge >= 0.3 is 0 Å². The highest BCUT2D eigenvalue weighted by Crippen LogP contribution is 2.43. The first-order valence-electron chi connectivity index (χ1n) is 10.00. The van der Waals surface area contributed by atoms with E-state index in [1.807, 2.05) is 44.2 Å². The Balaban J connectivity index is 1.94. The van der Waals surface area contributed by atoms with Crippen LogP contribution in [0.25, 0.3) is 11.3 Å². The zero-order valence-corrected chi connectivity index (χ0v) is 18.4. The summed E-state index contributed by atoms with van der Waals surface area (Å²) in [5.74, 6) is 1.18. The number of ether oxygens (including phenoxy) is 1. The van der Waals surface area contributed by atoms with E-state index < -0.39 is 6.23 Å². The predicted octanol–water partition coefficient (Wildman–Crippen LogP) is 5.10. The van der Waals surface area contributed by atoms with Gasteiger partial charge in [-0.3, -0.25) is 9.69 Å². The van der Waals surface area contributed by atoms with Crippen molar-refractivity contribution in [1.82, 2.24) is 15.2 Å². The highest BCUT2D eigenvalue weighted by molar-refractivity contribution is 7.99. The maximum Gasteiger partial charge on any atom is 0.247 e. The van der Waals surface area contributed by atoms with Crippen LogP contribution < -0.4 is 9.64 Å². The third-order valence-electron chi connectivity index (χ3n) is 4.99. The number of fused-ring (bicyclic) bond motifs is 3.